The predicted octanol–water partition coefficient (Wildman–Crippen LogP) is 2.75. The Balaban J connectivity index is 1.54. The molecular weight excluding hydrogens is 326 g/mol. The molecule has 0 saturated heterocycles. The number of carbonyl (C=O) groups excluding carboxylic acids is 2. The molecule has 138 valence electrons. The fourth-order valence-corrected chi connectivity index (χ4v) is 3.60. The van der Waals surface area contributed by atoms with E-state index in [0.717, 1.165) is 36.9 Å². The normalized spacial score (nSPS) is 16.2. The van der Waals surface area contributed by atoms with E-state index in [9.17, 15) is 9.59 Å². The molecule has 2 aromatic rings. The zero-order valence-electron chi connectivity index (χ0n) is 15.4. The number of rotatable bonds is 7. The van der Waals surface area contributed by atoms with Gasteiger partial charge < -0.3 is 14.8 Å². The van der Waals surface area contributed by atoms with Crippen molar-refractivity contribution in [3.8, 4) is 0 Å². The number of benzene rings is 1. The number of aryl methyl sites for hydroxylation is 1. The van der Waals surface area contributed by atoms with E-state index < -0.39 is 6.04 Å². The molecule has 1 N–H and O–H groups in total. The molecule has 5 nitrogen and oxygen atoms in total. The highest BCUT2D eigenvalue weighted by Crippen LogP contribution is 2.24. The fourth-order valence-electron chi connectivity index (χ4n) is 3.60. The van der Waals surface area contributed by atoms with Crippen molar-refractivity contribution in [3.05, 3.63) is 59.9 Å². The minimum Gasteiger partial charge on any atom is -0.357 e. The van der Waals surface area contributed by atoms with Crippen molar-refractivity contribution in [2.24, 2.45) is 0 Å². The summed E-state index contributed by atoms with van der Waals surface area (Å²) in [7, 11) is 1.63. The van der Waals surface area contributed by atoms with Crippen molar-refractivity contribution >= 4 is 11.8 Å². The second-order valence-electron chi connectivity index (χ2n) is 6.86. The number of likely N-dealkylation sites (N-methyl/N-ethyl adjacent to an activating group) is 1. The summed E-state index contributed by atoms with van der Waals surface area (Å²) in [6.07, 6.45) is 8.15. The Morgan fingerprint density at radius 2 is 1.77 bits per heavy atom. The van der Waals surface area contributed by atoms with Crippen LogP contribution < -0.4 is 5.32 Å². The molecule has 0 spiro atoms. The minimum atomic E-state index is -0.401. The van der Waals surface area contributed by atoms with Gasteiger partial charge in [0, 0.05) is 45.4 Å². The summed E-state index contributed by atoms with van der Waals surface area (Å²) in [5.74, 6) is -0.00507. The van der Waals surface area contributed by atoms with E-state index in [1.807, 2.05) is 36.4 Å². The quantitative estimate of drug-likeness (QED) is 0.778. The first-order chi connectivity index (χ1) is 12.7. The number of aromatic nitrogens is 1. The van der Waals surface area contributed by atoms with Gasteiger partial charge in [-0.25, -0.2) is 0 Å². The molecule has 1 aliphatic heterocycles. The number of amides is 2. The number of unbranched alkanes of at least 4 members (excludes halogenated alkanes) is 2. The lowest BCUT2D eigenvalue weighted by atomic mass is 9.93. The van der Waals surface area contributed by atoms with Crippen molar-refractivity contribution < 1.29 is 9.59 Å². The van der Waals surface area contributed by atoms with E-state index in [0.29, 0.717) is 19.4 Å². The highest BCUT2D eigenvalue weighted by atomic mass is 16.2. The van der Waals surface area contributed by atoms with E-state index in [-0.39, 0.29) is 11.8 Å². The Hall–Kier alpha value is -2.56. The first-order valence-corrected chi connectivity index (χ1v) is 9.37. The molecule has 1 aromatic heterocycles. The Bertz CT molecular complexity index is 739. The smallest absolute Gasteiger partial charge is 0.242 e. The van der Waals surface area contributed by atoms with Crippen LogP contribution in [0.25, 0.3) is 0 Å². The van der Waals surface area contributed by atoms with Crippen molar-refractivity contribution in [1.82, 2.24) is 14.8 Å². The van der Waals surface area contributed by atoms with Gasteiger partial charge >= 0.3 is 0 Å². The first kappa shape index (κ1) is 18.2. The maximum atomic E-state index is 12.8. The molecule has 26 heavy (non-hydrogen) atoms. The van der Waals surface area contributed by atoms with Gasteiger partial charge in [0.25, 0.3) is 0 Å². The largest absolute Gasteiger partial charge is 0.357 e. The van der Waals surface area contributed by atoms with Crippen LogP contribution in [0.2, 0.25) is 0 Å². The molecule has 1 unspecified atom stereocenters. The Kier molecular flexibility index (Phi) is 6.10. The molecule has 5 heteroatoms. The third-order valence-electron chi connectivity index (χ3n) is 5.09. The Morgan fingerprint density at radius 1 is 1.04 bits per heavy atom. The maximum Gasteiger partial charge on any atom is 0.242 e. The van der Waals surface area contributed by atoms with Gasteiger partial charge in [0.1, 0.15) is 6.04 Å². The summed E-state index contributed by atoms with van der Waals surface area (Å²) >= 11 is 0. The Labute approximate surface area is 155 Å². The second kappa shape index (κ2) is 8.70. The number of hydrogen-bond acceptors (Lipinski definition) is 2. The van der Waals surface area contributed by atoms with Crippen LogP contribution in [0.1, 0.15) is 36.8 Å². The van der Waals surface area contributed by atoms with Gasteiger partial charge in [0.2, 0.25) is 11.8 Å². The summed E-state index contributed by atoms with van der Waals surface area (Å²) in [6.45, 7) is 1.51. The number of nitrogens with zero attached hydrogens (tertiary/aromatic N) is 2. The summed E-state index contributed by atoms with van der Waals surface area (Å²) in [5.41, 5.74) is 2.31. The lowest BCUT2D eigenvalue weighted by molar-refractivity contribution is -0.141. The topological polar surface area (TPSA) is 54.3 Å². The number of fused-ring (bicyclic) bond motifs is 1. The minimum absolute atomic E-state index is 0.0778. The number of hydrogen-bond donors (Lipinski definition) is 1. The lowest BCUT2D eigenvalue weighted by Gasteiger charge is -2.36. The molecule has 3 rings (SSSR count). The van der Waals surface area contributed by atoms with Crippen molar-refractivity contribution in [1.29, 1.82) is 0 Å². The molecule has 0 aliphatic carbocycles. The zero-order chi connectivity index (χ0) is 18.4. The van der Waals surface area contributed by atoms with E-state index >= 15 is 0 Å². The molecule has 0 bridgehead atoms. The molecule has 2 heterocycles. The third kappa shape index (κ3) is 4.34. The maximum absolute atomic E-state index is 12.8. The summed E-state index contributed by atoms with van der Waals surface area (Å²) in [5, 5.41) is 2.71. The molecule has 0 saturated carbocycles. The second-order valence-corrected chi connectivity index (χ2v) is 6.86. The summed E-state index contributed by atoms with van der Waals surface area (Å²) < 4.78 is 2.16. The average Bonchev–Trinajstić information content (AvgIpc) is 3.19. The van der Waals surface area contributed by atoms with Gasteiger partial charge in [-0.2, -0.15) is 0 Å². The molecule has 1 aromatic carbocycles. The number of nitrogens with one attached hydrogen (secondary N) is 1. The highest BCUT2D eigenvalue weighted by Gasteiger charge is 2.33. The van der Waals surface area contributed by atoms with E-state index in [1.54, 1.807) is 11.9 Å². The van der Waals surface area contributed by atoms with Crippen LogP contribution in [-0.4, -0.2) is 34.4 Å². The van der Waals surface area contributed by atoms with Crippen LogP contribution in [0.15, 0.2) is 48.8 Å². The van der Waals surface area contributed by atoms with Crippen LogP contribution in [0.4, 0.5) is 0 Å². The summed E-state index contributed by atoms with van der Waals surface area (Å²) in [4.78, 5) is 26.8. The van der Waals surface area contributed by atoms with Crippen LogP contribution in [0.5, 0.6) is 0 Å². The van der Waals surface area contributed by atoms with Crippen LogP contribution >= 0.6 is 0 Å². The van der Waals surface area contributed by atoms with Crippen LogP contribution in [0, 0.1) is 0 Å². The highest BCUT2D eigenvalue weighted by molar-refractivity contribution is 5.88. The Morgan fingerprint density at radius 3 is 2.50 bits per heavy atom. The van der Waals surface area contributed by atoms with Crippen molar-refractivity contribution in [2.75, 3.05) is 7.05 Å². The number of carbonyl (C=O) groups is 2. The first-order valence-electron chi connectivity index (χ1n) is 9.37. The molecular formula is C21H27N3O2. The monoisotopic (exact) mass is 353 g/mol. The molecule has 0 fully saturated rings. The SMILES string of the molecule is CNC(=O)C1Cc2ccccc2CN1C(=O)CCCCCn1cccc1. The fraction of sp³-hybridized carbons (Fsp3) is 0.429. The van der Waals surface area contributed by atoms with Gasteiger partial charge in [-0.1, -0.05) is 30.7 Å². The van der Waals surface area contributed by atoms with Crippen LogP contribution in [-0.2, 0) is 29.1 Å². The zero-order valence-corrected chi connectivity index (χ0v) is 15.4. The third-order valence-corrected chi connectivity index (χ3v) is 5.09. The predicted molar refractivity (Wildman–Crippen MR) is 101 cm³/mol. The van der Waals surface area contributed by atoms with E-state index in [1.165, 1.54) is 0 Å². The molecule has 0 radical (unpaired) electrons. The molecule has 1 aliphatic rings. The summed E-state index contributed by atoms with van der Waals surface area (Å²) in [6, 6.07) is 11.7. The molecule has 2 amide bonds. The van der Waals surface area contributed by atoms with Crippen molar-refractivity contribution in [3.63, 3.8) is 0 Å². The lowest BCUT2D eigenvalue weighted by Crippen LogP contribution is -2.51. The molecule has 1 atom stereocenters. The van der Waals surface area contributed by atoms with Gasteiger partial charge in [0.05, 0.1) is 0 Å². The van der Waals surface area contributed by atoms with Gasteiger partial charge in [-0.3, -0.25) is 9.59 Å². The standard InChI is InChI=1S/C21H27N3O2/c1-22-21(26)19-15-17-9-4-5-10-18(17)16-24(19)20(25)11-3-2-6-12-23-13-7-8-14-23/h4-5,7-10,13-14,19H,2-3,6,11-12,15-16H2,1H3,(H,22,26). The van der Waals surface area contributed by atoms with E-state index in [2.05, 4.69) is 22.3 Å². The van der Waals surface area contributed by atoms with E-state index in [4.69, 9.17) is 0 Å². The van der Waals surface area contributed by atoms with Crippen molar-refractivity contribution in [2.45, 2.75) is 51.2 Å². The van der Waals surface area contributed by atoms with Gasteiger partial charge in [-0.05, 0) is 36.1 Å². The van der Waals surface area contributed by atoms with Gasteiger partial charge in [-0.15, -0.1) is 0 Å². The van der Waals surface area contributed by atoms with Crippen LogP contribution in [0.3, 0.4) is 0 Å². The van der Waals surface area contributed by atoms with Gasteiger partial charge in [0.15, 0.2) is 0 Å². The average molecular weight is 353 g/mol.